The van der Waals surface area contributed by atoms with Crippen LogP contribution < -0.4 is 10.6 Å². The normalized spacial score (nSPS) is 13.2. The molecule has 5 nitrogen and oxygen atoms in total. The number of guanidine groups is 1. The van der Waals surface area contributed by atoms with E-state index in [-0.39, 0.29) is 12.5 Å². The van der Waals surface area contributed by atoms with Crippen molar-refractivity contribution >= 4 is 46.8 Å². The van der Waals surface area contributed by atoms with Gasteiger partial charge in [-0.2, -0.15) is 4.39 Å². The lowest BCUT2D eigenvalue weighted by Crippen LogP contribution is -2.40. The van der Waals surface area contributed by atoms with Crippen molar-refractivity contribution < 1.29 is 14.0 Å². The Hall–Kier alpha value is -1.66. The Morgan fingerprint density at radius 3 is 2.78 bits per heavy atom. The van der Waals surface area contributed by atoms with Crippen molar-refractivity contribution in [3.05, 3.63) is 27.7 Å². The van der Waals surface area contributed by atoms with Crippen LogP contribution in [0.3, 0.4) is 0 Å². The van der Waals surface area contributed by atoms with E-state index in [4.69, 9.17) is 23.2 Å². The van der Waals surface area contributed by atoms with Crippen molar-refractivity contribution in [2.24, 2.45) is 4.99 Å². The maximum Gasteiger partial charge on any atom is 0.389 e. The fourth-order valence-electron chi connectivity index (χ4n) is 1.42. The number of fused-ring (bicyclic) bond motifs is 1. The first-order valence-electron chi connectivity index (χ1n) is 4.78. The maximum atomic E-state index is 12.1. The first kappa shape index (κ1) is 12.8. The Morgan fingerprint density at radius 2 is 2.11 bits per heavy atom. The summed E-state index contributed by atoms with van der Waals surface area (Å²) in [6, 6.07) is 1.13. The highest BCUT2D eigenvalue weighted by Crippen LogP contribution is 2.33. The summed E-state index contributed by atoms with van der Waals surface area (Å²) in [4.78, 5) is 24.9. The molecule has 0 saturated heterocycles. The quantitative estimate of drug-likeness (QED) is 0.613. The van der Waals surface area contributed by atoms with E-state index in [1.165, 1.54) is 0 Å². The average molecular weight is 290 g/mol. The molecule has 2 N–H and O–H groups in total. The maximum absolute atomic E-state index is 12.1. The lowest BCUT2D eigenvalue weighted by molar-refractivity contribution is -0.143. The van der Waals surface area contributed by atoms with Crippen molar-refractivity contribution in [2.75, 3.05) is 5.32 Å². The number of hydrogen-bond acceptors (Lipinski definition) is 4. The van der Waals surface area contributed by atoms with Gasteiger partial charge in [0.2, 0.25) is 5.96 Å². The van der Waals surface area contributed by atoms with E-state index >= 15 is 0 Å². The Labute approximate surface area is 111 Å². The molecule has 0 aromatic heterocycles. The minimum atomic E-state index is -2.08. The van der Waals surface area contributed by atoms with Gasteiger partial charge in [0.1, 0.15) is 0 Å². The fourth-order valence-corrected chi connectivity index (χ4v) is 1.82. The number of halogens is 3. The molecular weight excluding hydrogens is 284 g/mol. The highest BCUT2D eigenvalue weighted by molar-refractivity contribution is 6.43. The molecule has 1 amide bonds. The van der Waals surface area contributed by atoms with Crippen molar-refractivity contribution in [3.63, 3.8) is 0 Å². The third-order valence-electron chi connectivity index (χ3n) is 2.25. The van der Waals surface area contributed by atoms with Gasteiger partial charge >= 0.3 is 11.9 Å². The molecule has 1 aromatic carbocycles. The van der Waals surface area contributed by atoms with Crippen LogP contribution in [0.2, 0.25) is 10.0 Å². The van der Waals surface area contributed by atoms with Crippen LogP contribution in [0.15, 0.2) is 17.1 Å². The fraction of sp³-hybridized carbons (Fsp3) is 0.100. The highest BCUT2D eigenvalue weighted by atomic mass is 35.5. The lowest BCUT2D eigenvalue weighted by Gasteiger charge is -2.19. The molecule has 94 valence electrons. The van der Waals surface area contributed by atoms with Crippen molar-refractivity contribution in [1.29, 1.82) is 0 Å². The van der Waals surface area contributed by atoms with Crippen molar-refractivity contribution in [2.45, 2.75) is 6.54 Å². The van der Waals surface area contributed by atoms with Crippen LogP contribution >= 0.6 is 23.2 Å². The molecule has 0 atom stereocenters. The number of carbonyl (C=O) groups excluding carboxylic acids is 2. The minimum Gasteiger partial charge on any atom is -0.326 e. The van der Waals surface area contributed by atoms with Crippen molar-refractivity contribution in [1.82, 2.24) is 5.32 Å². The molecule has 0 spiro atoms. The average Bonchev–Trinajstić information content (AvgIpc) is 2.34. The molecule has 1 aliphatic heterocycles. The Bertz CT molecular complexity index is 574. The van der Waals surface area contributed by atoms with Crippen molar-refractivity contribution in [3.8, 4) is 0 Å². The SMILES string of the molecule is O=C(F)C(=O)NC1=NCc2c(ccc(Cl)c2Cl)N1. The molecular formula is C10H6Cl2FN3O2. The summed E-state index contributed by atoms with van der Waals surface area (Å²) in [5.74, 6) is -1.40. The Balaban J connectivity index is 2.20. The van der Waals surface area contributed by atoms with Gasteiger partial charge < -0.3 is 5.32 Å². The van der Waals surface area contributed by atoms with Crippen LogP contribution in [0.4, 0.5) is 10.1 Å². The van der Waals surface area contributed by atoms with Gasteiger partial charge in [-0.25, -0.2) is 9.79 Å². The zero-order chi connectivity index (χ0) is 13.3. The summed E-state index contributed by atoms with van der Waals surface area (Å²) >= 11 is 11.8. The number of anilines is 1. The van der Waals surface area contributed by atoms with Crippen LogP contribution in [0, 0.1) is 0 Å². The molecule has 0 aliphatic carbocycles. The van der Waals surface area contributed by atoms with Gasteiger partial charge in [-0.15, -0.1) is 0 Å². The second-order valence-electron chi connectivity index (χ2n) is 3.41. The summed E-state index contributed by atoms with van der Waals surface area (Å²) in [5, 5.41) is 5.45. The molecule has 1 heterocycles. The third kappa shape index (κ3) is 2.44. The first-order chi connectivity index (χ1) is 8.49. The first-order valence-corrected chi connectivity index (χ1v) is 5.54. The van der Waals surface area contributed by atoms with E-state index in [1.54, 1.807) is 12.1 Å². The monoisotopic (exact) mass is 289 g/mol. The molecule has 18 heavy (non-hydrogen) atoms. The Kier molecular flexibility index (Phi) is 3.49. The van der Waals surface area contributed by atoms with Crippen LogP contribution in [-0.4, -0.2) is 17.9 Å². The van der Waals surface area contributed by atoms with Crippen LogP contribution in [0.5, 0.6) is 0 Å². The number of hydrogen-bond donors (Lipinski definition) is 2. The van der Waals surface area contributed by atoms with Gasteiger partial charge in [-0.1, -0.05) is 23.2 Å². The molecule has 0 fully saturated rings. The summed E-state index contributed by atoms with van der Waals surface area (Å²) in [5.41, 5.74) is 1.25. The number of amides is 1. The van der Waals surface area contributed by atoms with Gasteiger partial charge in [0, 0.05) is 11.3 Å². The predicted molar refractivity (Wildman–Crippen MR) is 65.5 cm³/mol. The number of nitrogens with zero attached hydrogens (tertiary/aromatic N) is 1. The van der Waals surface area contributed by atoms with E-state index in [2.05, 4.69) is 10.3 Å². The number of aliphatic imine (C=N–C) groups is 1. The third-order valence-corrected chi connectivity index (χ3v) is 3.10. The van der Waals surface area contributed by atoms with Crippen LogP contribution in [-0.2, 0) is 16.1 Å². The second-order valence-corrected chi connectivity index (χ2v) is 4.19. The Morgan fingerprint density at radius 1 is 1.39 bits per heavy atom. The summed E-state index contributed by atoms with van der Waals surface area (Å²) < 4.78 is 12.1. The largest absolute Gasteiger partial charge is 0.389 e. The van der Waals surface area contributed by atoms with E-state index in [0.717, 1.165) is 0 Å². The van der Waals surface area contributed by atoms with Gasteiger partial charge in [0.25, 0.3) is 0 Å². The van der Waals surface area contributed by atoms with Crippen LogP contribution in [0.25, 0.3) is 0 Å². The summed E-state index contributed by atoms with van der Waals surface area (Å²) in [6.45, 7) is 0.165. The topological polar surface area (TPSA) is 70.6 Å². The zero-order valence-corrected chi connectivity index (χ0v) is 10.3. The lowest BCUT2D eigenvalue weighted by atomic mass is 10.1. The summed E-state index contributed by atoms with van der Waals surface area (Å²) in [7, 11) is 0. The molecule has 0 saturated carbocycles. The van der Waals surface area contributed by atoms with Gasteiger partial charge in [-0.3, -0.25) is 10.1 Å². The van der Waals surface area contributed by atoms with Gasteiger partial charge in [-0.05, 0) is 12.1 Å². The second kappa shape index (κ2) is 4.91. The minimum absolute atomic E-state index is 0.0168. The van der Waals surface area contributed by atoms with Gasteiger partial charge in [0.15, 0.2) is 0 Å². The van der Waals surface area contributed by atoms with E-state index < -0.39 is 11.9 Å². The predicted octanol–water partition coefficient (Wildman–Crippen LogP) is 1.89. The molecule has 2 rings (SSSR count). The molecule has 0 radical (unpaired) electrons. The smallest absolute Gasteiger partial charge is 0.326 e. The molecule has 0 bridgehead atoms. The highest BCUT2D eigenvalue weighted by Gasteiger charge is 2.20. The van der Waals surface area contributed by atoms with Crippen LogP contribution in [0.1, 0.15) is 5.56 Å². The van der Waals surface area contributed by atoms with E-state index in [1.807, 2.05) is 5.32 Å². The number of nitrogens with one attached hydrogen (secondary N) is 2. The van der Waals surface area contributed by atoms with Gasteiger partial charge in [0.05, 0.1) is 16.6 Å². The standard InChI is InChI=1S/C10H6Cl2FN3O2/c11-5-1-2-6-4(7(5)12)3-14-10(15-6)16-9(18)8(13)17/h1-2H,3H2,(H2,14,15,16,18). The number of carbonyl (C=O) groups is 2. The molecule has 0 unspecified atom stereocenters. The number of benzene rings is 1. The summed E-state index contributed by atoms with van der Waals surface area (Å²) in [6.07, 6.45) is 0. The number of rotatable bonds is 1. The van der Waals surface area contributed by atoms with E-state index in [9.17, 15) is 14.0 Å². The molecule has 1 aliphatic rings. The molecule has 1 aromatic rings. The zero-order valence-electron chi connectivity index (χ0n) is 8.76. The van der Waals surface area contributed by atoms with E-state index in [0.29, 0.717) is 21.3 Å². The molecule has 8 heteroatoms.